The van der Waals surface area contributed by atoms with Crippen molar-refractivity contribution in [1.82, 2.24) is 9.13 Å². The van der Waals surface area contributed by atoms with Crippen molar-refractivity contribution in [2.75, 3.05) is 0 Å². The number of para-hydroxylation sites is 3. The molecule has 2 nitrogen and oxygen atoms in total. The van der Waals surface area contributed by atoms with Crippen molar-refractivity contribution in [3.63, 3.8) is 0 Å². The lowest BCUT2D eigenvalue weighted by Gasteiger charge is -2.36. The van der Waals surface area contributed by atoms with Crippen LogP contribution in [0.5, 0.6) is 0 Å². The molecule has 0 radical (unpaired) electrons. The molecule has 15 aromatic rings. The van der Waals surface area contributed by atoms with Crippen molar-refractivity contribution in [1.29, 1.82) is 0 Å². The Morgan fingerprint density at radius 2 is 0.617 bits per heavy atom. The molecule has 0 fully saturated rings. The van der Waals surface area contributed by atoms with Crippen LogP contribution < -0.4 is 20.7 Å². The Morgan fingerprint density at radius 1 is 0.210 bits per heavy atom. The number of nitrogens with zero attached hydrogens (tertiary/aromatic N) is 2. The zero-order valence-corrected chi connectivity index (χ0v) is 45.6. The Hall–Kier alpha value is -10.3. The molecule has 0 aliphatic rings. The van der Waals surface area contributed by atoms with E-state index < -0.39 is 8.07 Å². The molecule has 0 N–H and O–H groups in total. The van der Waals surface area contributed by atoms with Crippen LogP contribution >= 0.6 is 0 Å². The number of hydrogen-bond donors (Lipinski definition) is 0. The fourth-order valence-electron chi connectivity index (χ4n) is 13.1. The summed E-state index contributed by atoms with van der Waals surface area (Å²) in [5, 5.41) is 10.1. The smallest absolute Gasteiger partial charge is 0.179 e. The maximum Gasteiger partial charge on any atom is 0.179 e. The minimum Gasteiger partial charge on any atom is -0.309 e. The first kappa shape index (κ1) is 47.9. The van der Waals surface area contributed by atoms with E-state index in [4.69, 9.17) is 0 Å². The molecule has 13 aromatic carbocycles. The zero-order chi connectivity index (χ0) is 53.7. The normalized spacial score (nSPS) is 11.7. The fourth-order valence-corrected chi connectivity index (χ4v) is 18.0. The van der Waals surface area contributed by atoms with Gasteiger partial charge in [-0.15, -0.1) is 0 Å². The Labute approximate surface area is 473 Å². The molecule has 81 heavy (non-hydrogen) atoms. The van der Waals surface area contributed by atoms with Gasteiger partial charge in [0.05, 0.1) is 27.8 Å². The molecular formula is C78H54N2Si. The summed E-state index contributed by atoms with van der Waals surface area (Å²) in [4.78, 5) is 0. The third-order valence-electron chi connectivity index (χ3n) is 16.7. The van der Waals surface area contributed by atoms with Gasteiger partial charge in [0.25, 0.3) is 0 Å². The predicted molar refractivity (Wildman–Crippen MR) is 346 cm³/mol. The molecule has 3 heteroatoms. The molecule has 380 valence electrons. The highest BCUT2D eigenvalue weighted by Crippen LogP contribution is 2.45. The summed E-state index contributed by atoms with van der Waals surface area (Å²) < 4.78 is 5.08. The number of hydrogen-bond acceptors (Lipinski definition) is 0. The largest absolute Gasteiger partial charge is 0.309 e. The van der Waals surface area contributed by atoms with Gasteiger partial charge in [-0.2, -0.15) is 0 Å². The van der Waals surface area contributed by atoms with E-state index in [9.17, 15) is 0 Å². The average molecular weight is 1050 g/mol. The lowest BCUT2D eigenvalue weighted by atomic mass is 9.93. The molecule has 0 spiro atoms. The lowest BCUT2D eigenvalue weighted by Crippen LogP contribution is -2.74. The quantitative estimate of drug-likeness (QED) is 0.0902. The van der Waals surface area contributed by atoms with Crippen molar-refractivity contribution >= 4 is 72.4 Å². The van der Waals surface area contributed by atoms with Gasteiger partial charge in [0.15, 0.2) is 8.07 Å². The first-order chi connectivity index (χ1) is 40.2. The first-order valence-electron chi connectivity index (χ1n) is 28.0. The maximum atomic E-state index is 2.57. The molecule has 0 unspecified atom stereocenters. The van der Waals surface area contributed by atoms with Gasteiger partial charge in [-0.05, 0) is 90.0 Å². The summed E-state index contributed by atoms with van der Waals surface area (Å²) >= 11 is 0. The van der Waals surface area contributed by atoms with Crippen LogP contribution in [0.2, 0.25) is 0 Å². The van der Waals surface area contributed by atoms with Gasteiger partial charge in [-0.1, -0.05) is 297 Å². The van der Waals surface area contributed by atoms with Crippen LogP contribution in [0.4, 0.5) is 0 Å². The third kappa shape index (κ3) is 8.00. The topological polar surface area (TPSA) is 9.86 Å². The van der Waals surface area contributed by atoms with Crippen molar-refractivity contribution in [3.05, 3.63) is 328 Å². The van der Waals surface area contributed by atoms with Crippen LogP contribution in [0, 0.1) is 0 Å². The number of rotatable bonds is 11. The first-order valence-corrected chi connectivity index (χ1v) is 30.0. The van der Waals surface area contributed by atoms with E-state index in [1.807, 2.05) is 0 Å². The van der Waals surface area contributed by atoms with Crippen LogP contribution in [0.1, 0.15) is 0 Å². The Kier molecular flexibility index (Phi) is 11.9. The monoisotopic (exact) mass is 1050 g/mol. The fraction of sp³-hybridized carbons (Fsp3) is 0. The molecule has 0 atom stereocenters. The van der Waals surface area contributed by atoms with E-state index in [2.05, 4.69) is 337 Å². The molecule has 0 amide bonds. The third-order valence-corrected chi connectivity index (χ3v) is 21.4. The second-order valence-electron chi connectivity index (χ2n) is 21.1. The minimum absolute atomic E-state index is 1.11. The number of fused-ring (bicyclic) bond motifs is 6. The van der Waals surface area contributed by atoms with Crippen LogP contribution in [-0.4, -0.2) is 17.2 Å². The van der Waals surface area contributed by atoms with E-state index in [0.717, 1.165) is 33.5 Å². The highest BCUT2D eigenvalue weighted by atomic mass is 28.3. The molecule has 0 saturated carbocycles. The van der Waals surface area contributed by atoms with Gasteiger partial charge < -0.3 is 9.13 Å². The Morgan fingerprint density at radius 3 is 1.21 bits per heavy atom. The number of benzene rings is 13. The zero-order valence-electron chi connectivity index (χ0n) is 44.6. The Bertz CT molecular complexity index is 4680. The summed E-state index contributed by atoms with van der Waals surface area (Å²) in [6, 6.07) is 122. The van der Waals surface area contributed by atoms with Gasteiger partial charge in [0.1, 0.15) is 0 Å². The van der Waals surface area contributed by atoms with Crippen LogP contribution in [0.3, 0.4) is 0 Å². The van der Waals surface area contributed by atoms with E-state index in [1.165, 1.54) is 97.8 Å². The Balaban J connectivity index is 1.03. The standard InChI is InChI=1S/C78H54N2Si/c1-7-27-55(28-8-1)59-35-25-40-63(51-59)81(61-36-15-5-16-37-61,62-38-17-6-18-39-62)64-53-71(57-31-11-3-12-32-57)78(72(54-64)58-33-13-4-14-34-58)80-75-48-24-22-44-68(75)73-52-60(49-50-76(73)80)79-74-47-23-21-43-67(74)70-46-26-45-69(77(70)79)66-42-20-19-41-65(66)56-29-9-2-10-30-56/h1-54H. The van der Waals surface area contributed by atoms with Crippen LogP contribution in [0.15, 0.2) is 328 Å². The highest BCUT2D eigenvalue weighted by Gasteiger charge is 2.43. The maximum absolute atomic E-state index is 3.16. The summed E-state index contributed by atoms with van der Waals surface area (Å²) in [6.45, 7) is 0. The second-order valence-corrected chi connectivity index (χ2v) is 24.9. The highest BCUT2D eigenvalue weighted by molar-refractivity contribution is 7.20. The van der Waals surface area contributed by atoms with Crippen LogP contribution in [0.25, 0.3) is 111 Å². The predicted octanol–water partition coefficient (Wildman–Crippen LogP) is 17.6. The number of aromatic nitrogens is 2. The molecule has 0 aliphatic carbocycles. The van der Waals surface area contributed by atoms with Crippen LogP contribution in [-0.2, 0) is 0 Å². The van der Waals surface area contributed by atoms with Crippen molar-refractivity contribution in [2.45, 2.75) is 0 Å². The second kappa shape index (κ2) is 20.2. The summed E-state index contributed by atoms with van der Waals surface area (Å²) in [7, 11) is -3.16. The molecule has 0 bridgehead atoms. The van der Waals surface area contributed by atoms with Gasteiger partial charge >= 0.3 is 0 Å². The van der Waals surface area contributed by atoms with Crippen molar-refractivity contribution in [2.24, 2.45) is 0 Å². The summed E-state index contributed by atoms with van der Waals surface area (Å²) in [5.41, 5.74) is 18.8. The van der Waals surface area contributed by atoms with E-state index in [0.29, 0.717) is 0 Å². The SMILES string of the molecule is c1ccc(-c2cccc([Si](c3ccccc3)(c3ccccc3)c3cc(-c4ccccc4)c(-n4c5ccccc5c5cc(-n6c7ccccc7c7cccc(-c8ccccc8-c8ccccc8)c76)ccc54)c(-c4ccccc4)c3)c2)cc1. The van der Waals surface area contributed by atoms with Gasteiger partial charge in [0, 0.05) is 43.9 Å². The van der Waals surface area contributed by atoms with Crippen molar-refractivity contribution < 1.29 is 0 Å². The van der Waals surface area contributed by atoms with Crippen molar-refractivity contribution in [3.8, 4) is 67.0 Å². The molecule has 0 aliphatic heterocycles. The molecule has 0 saturated heterocycles. The van der Waals surface area contributed by atoms with E-state index in [1.54, 1.807) is 0 Å². The van der Waals surface area contributed by atoms with E-state index >= 15 is 0 Å². The molecular weight excluding hydrogens is 993 g/mol. The average Bonchev–Trinajstić information content (AvgIpc) is 4.31. The minimum atomic E-state index is -3.16. The van der Waals surface area contributed by atoms with E-state index in [-0.39, 0.29) is 0 Å². The molecule has 2 heterocycles. The van der Waals surface area contributed by atoms with Gasteiger partial charge in [-0.3, -0.25) is 0 Å². The molecule has 2 aromatic heterocycles. The molecule has 15 rings (SSSR count). The van der Waals surface area contributed by atoms with Gasteiger partial charge in [0.2, 0.25) is 0 Å². The summed E-state index contributed by atoms with van der Waals surface area (Å²) in [5.74, 6) is 0. The van der Waals surface area contributed by atoms with Gasteiger partial charge in [-0.25, -0.2) is 0 Å². The summed E-state index contributed by atoms with van der Waals surface area (Å²) in [6.07, 6.45) is 0. The lowest BCUT2D eigenvalue weighted by molar-refractivity contribution is 1.17.